The number of amides is 1. The van der Waals surface area contributed by atoms with Crippen LogP contribution < -0.4 is 4.90 Å². The van der Waals surface area contributed by atoms with E-state index in [1.54, 1.807) is 24.3 Å². The van der Waals surface area contributed by atoms with E-state index < -0.39 is 23.9 Å². The molecule has 1 heterocycles. The fourth-order valence-electron chi connectivity index (χ4n) is 3.19. The maximum absolute atomic E-state index is 13.0. The van der Waals surface area contributed by atoms with Crippen LogP contribution in [0.1, 0.15) is 24.5 Å². The van der Waals surface area contributed by atoms with Gasteiger partial charge >= 0.3 is 6.18 Å². The van der Waals surface area contributed by atoms with Crippen molar-refractivity contribution in [2.24, 2.45) is 0 Å². The lowest BCUT2D eigenvalue weighted by Crippen LogP contribution is -2.40. The van der Waals surface area contributed by atoms with Crippen molar-refractivity contribution < 1.29 is 18.0 Å². The Hall–Kier alpha value is -2.30. The number of nitrogens with zero attached hydrogens (tertiary/aromatic N) is 1. The number of carbonyl (C=O) groups is 1. The van der Waals surface area contributed by atoms with E-state index in [0.29, 0.717) is 11.3 Å². The zero-order valence-electron chi connectivity index (χ0n) is 12.6. The summed E-state index contributed by atoms with van der Waals surface area (Å²) in [5.41, 5.74) is 0.321. The van der Waals surface area contributed by atoms with Crippen molar-refractivity contribution in [3.8, 4) is 0 Å². The predicted molar refractivity (Wildman–Crippen MR) is 82.1 cm³/mol. The first-order valence-corrected chi connectivity index (χ1v) is 7.33. The van der Waals surface area contributed by atoms with Gasteiger partial charge in [0.2, 0.25) is 5.91 Å². The minimum absolute atomic E-state index is 0.268. The molecule has 0 fully saturated rings. The van der Waals surface area contributed by atoms with Crippen LogP contribution in [-0.2, 0) is 16.8 Å². The molecule has 1 aliphatic heterocycles. The van der Waals surface area contributed by atoms with Gasteiger partial charge in [0.15, 0.2) is 0 Å². The quantitative estimate of drug-likeness (QED) is 0.819. The Morgan fingerprint density at radius 1 is 1.00 bits per heavy atom. The highest BCUT2D eigenvalue weighted by Crippen LogP contribution is 2.47. The third-order valence-electron chi connectivity index (χ3n) is 4.24. The molecular weight excluding hydrogens is 303 g/mol. The highest BCUT2D eigenvalue weighted by Gasteiger charge is 2.52. The molecule has 2 nitrogen and oxygen atoms in total. The third-order valence-corrected chi connectivity index (χ3v) is 4.24. The molecule has 5 heteroatoms. The molecule has 0 aliphatic carbocycles. The molecule has 120 valence electrons. The third kappa shape index (κ3) is 2.83. The van der Waals surface area contributed by atoms with Crippen LogP contribution in [0, 0.1) is 0 Å². The molecule has 0 saturated heterocycles. The van der Waals surface area contributed by atoms with Gasteiger partial charge in [-0.15, -0.1) is 0 Å². The highest BCUT2D eigenvalue weighted by atomic mass is 19.4. The van der Waals surface area contributed by atoms with Gasteiger partial charge in [0.25, 0.3) is 0 Å². The second-order valence-electron chi connectivity index (χ2n) is 6.02. The molecule has 0 N–H and O–H groups in total. The molecule has 0 radical (unpaired) electrons. The molecule has 23 heavy (non-hydrogen) atoms. The van der Waals surface area contributed by atoms with Crippen LogP contribution in [0.4, 0.5) is 18.9 Å². The van der Waals surface area contributed by atoms with Crippen molar-refractivity contribution in [3.05, 3.63) is 65.7 Å². The SMILES string of the molecule is CC1(CC(F)(F)F)C(=O)N(Cc2ccccc2)c2ccccc21. The van der Waals surface area contributed by atoms with E-state index in [9.17, 15) is 18.0 Å². The summed E-state index contributed by atoms with van der Waals surface area (Å²) in [6.07, 6.45) is -5.55. The van der Waals surface area contributed by atoms with Crippen LogP contribution in [0.2, 0.25) is 0 Å². The lowest BCUT2D eigenvalue weighted by Gasteiger charge is -2.25. The van der Waals surface area contributed by atoms with Crippen molar-refractivity contribution in [1.29, 1.82) is 0 Å². The van der Waals surface area contributed by atoms with Gasteiger partial charge < -0.3 is 4.90 Å². The van der Waals surface area contributed by atoms with Gasteiger partial charge in [0, 0.05) is 5.69 Å². The molecule has 1 amide bonds. The first kappa shape index (κ1) is 15.6. The fraction of sp³-hybridized carbons (Fsp3) is 0.278. The number of alkyl halides is 3. The zero-order valence-corrected chi connectivity index (χ0v) is 12.6. The van der Waals surface area contributed by atoms with Crippen LogP contribution >= 0.6 is 0 Å². The molecule has 2 aromatic carbocycles. The Bertz CT molecular complexity index is 727. The Kier molecular flexibility index (Phi) is 3.66. The summed E-state index contributed by atoms with van der Waals surface area (Å²) in [4.78, 5) is 14.2. The van der Waals surface area contributed by atoms with E-state index in [4.69, 9.17) is 0 Å². The van der Waals surface area contributed by atoms with E-state index in [-0.39, 0.29) is 6.54 Å². The van der Waals surface area contributed by atoms with Crippen LogP contribution in [0.3, 0.4) is 0 Å². The van der Waals surface area contributed by atoms with Gasteiger partial charge in [-0.25, -0.2) is 0 Å². The van der Waals surface area contributed by atoms with Gasteiger partial charge in [-0.2, -0.15) is 13.2 Å². The molecule has 1 unspecified atom stereocenters. The van der Waals surface area contributed by atoms with Crippen molar-refractivity contribution >= 4 is 11.6 Å². The van der Waals surface area contributed by atoms with Crippen molar-refractivity contribution in [1.82, 2.24) is 0 Å². The van der Waals surface area contributed by atoms with Gasteiger partial charge in [0.05, 0.1) is 18.4 Å². The molecule has 1 atom stereocenters. The molecule has 2 aromatic rings. The minimum atomic E-state index is -4.40. The second-order valence-corrected chi connectivity index (χ2v) is 6.02. The monoisotopic (exact) mass is 319 g/mol. The van der Waals surface area contributed by atoms with Crippen LogP contribution in [0.25, 0.3) is 0 Å². The van der Waals surface area contributed by atoms with Crippen LogP contribution in [-0.4, -0.2) is 12.1 Å². The highest BCUT2D eigenvalue weighted by molar-refractivity contribution is 6.07. The minimum Gasteiger partial charge on any atom is -0.307 e. The van der Waals surface area contributed by atoms with E-state index in [2.05, 4.69) is 0 Å². The van der Waals surface area contributed by atoms with Crippen molar-refractivity contribution in [2.75, 3.05) is 4.90 Å². The number of halogens is 3. The maximum Gasteiger partial charge on any atom is 0.390 e. The summed E-state index contributed by atoms with van der Waals surface area (Å²) in [5.74, 6) is -0.500. The van der Waals surface area contributed by atoms with E-state index >= 15 is 0 Å². The Morgan fingerprint density at radius 3 is 2.26 bits per heavy atom. The summed E-state index contributed by atoms with van der Waals surface area (Å²) in [7, 11) is 0. The average molecular weight is 319 g/mol. The van der Waals surface area contributed by atoms with Gasteiger partial charge in [-0.1, -0.05) is 48.5 Å². The largest absolute Gasteiger partial charge is 0.390 e. The summed E-state index contributed by atoms with van der Waals surface area (Å²) < 4.78 is 39.0. The van der Waals surface area contributed by atoms with Crippen molar-refractivity contribution in [3.63, 3.8) is 0 Å². The Labute approximate surface area is 132 Å². The number of hydrogen-bond donors (Lipinski definition) is 0. The lowest BCUT2D eigenvalue weighted by molar-refractivity contribution is -0.155. The maximum atomic E-state index is 13.0. The summed E-state index contributed by atoms with van der Waals surface area (Å²) in [5, 5.41) is 0. The second kappa shape index (κ2) is 5.41. The zero-order chi connectivity index (χ0) is 16.7. The number of rotatable bonds is 3. The number of para-hydroxylation sites is 1. The van der Waals surface area contributed by atoms with E-state index in [0.717, 1.165) is 5.56 Å². The number of carbonyl (C=O) groups excluding carboxylic acids is 1. The summed E-state index contributed by atoms with van der Waals surface area (Å²) in [6.45, 7) is 1.65. The molecule has 0 aromatic heterocycles. The van der Waals surface area contributed by atoms with Crippen molar-refractivity contribution in [2.45, 2.75) is 31.5 Å². The summed E-state index contributed by atoms with van der Waals surface area (Å²) in [6, 6.07) is 16.0. The van der Waals surface area contributed by atoms with E-state index in [1.165, 1.54) is 11.8 Å². The molecule has 1 aliphatic rings. The van der Waals surface area contributed by atoms with Gasteiger partial charge in [-0.05, 0) is 24.1 Å². The number of anilines is 1. The number of fused-ring (bicyclic) bond motifs is 1. The topological polar surface area (TPSA) is 20.3 Å². The predicted octanol–water partition coefficient (Wildman–Crippen LogP) is 4.44. The number of benzene rings is 2. The first-order chi connectivity index (χ1) is 10.8. The molecule has 0 saturated carbocycles. The number of hydrogen-bond acceptors (Lipinski definition) is 1. The average Bonchev–Trinajstić information content (AvgIpc) is 2.69. The molecule has 3 rings (SSSR count). The molecule has 0 bridgehead atoms. The Balaban J connectivity index is 2.02. The van der Waals surface area contributed by atoms with Crippen LogP contribution in [0.5, 0.6) is 0 Å². The summed E-state index contributed by atoms with van der Waals surface area (Å²) >= 11 is 0. The lowest BCUT2D eigenvalue weighted by atomic mass is 9.80. The Morgan fingerprint density at radius 2 is 1.61 bits per heavy atom. The molecule has 0 spiro atoms. The van der Waals surface area contributed by atoms with Crippen LogP contribution in [0.15, 0.2) is 54.6 Å². The normalized spacial score (nSPS) is 20.7. The van der Waals surface area contributed by atoms with E-state index in [1.807, 2.05) is 30.3 Å². The van der Waals surface area contributed by atoms with Gasteiger partial charge in [-0.3, -0.25) is 4.79 Å². The van der Waals surface area contributed by atoms with Gasteiger partial charge in [0.1, 0.15) is 0 Å². The fourth-order valence-corrected chi connectivity index (χ4v) is 3.19. The first-order valence-electron chi connectivity index (χ1n) is 7.33. The standard InChI is InChI=1S/C18H16F3NO/c1-17(12-18(19,20)21)14-9-5-6-10-15(14)22(16(17)23)11-13-7-3-2-4-8-13/h2-10H,11-12H2,1H3. The smallest absolute Gasteiger partial charge is 0.307 e. The molecular formula is C18H16F3NO.